The number of nitrogens with zero attached hydrogens (tertiary/aromatic N) is 3. The van der Waals surface area contributed by atoms with Crippen molar-refractivity contribution in [3.05, 3.63) is 69.9 Å². The lowest BCUT2D eigenvalue weighted by Crippen LogP contribution is -2.19. The highest BCUT2D eigenvalue weighted by Crippen LogP contribution is 2.34. The molecule has 0 aliphatic heterocycles. The number of pyridine rings is 1. The number of primary amides is 1. The first-order valence-corrected chi connectivity index (χ1v) is 8.37. The Bertz CT molecular complexity index is 1060. The summed E-state index contributed by atoms with van der Waals surface area (Å²) in [6.45, 7) is 2.45. The van der Waals surface area contributed by atoms with Gasteiger partial charge in [-0.25, -0.2) is 0 Å². The third kappa shape index (κ3) is 3.32. The first-order chi connectivity index (χ1) is 12.4. The van der Waals surface area contributed by atoms with Crippen molar-refractivity contribution in [2.24, 2.45) is 5.73 Å². The highest BCUT2D eigenvalue weighted by Gasteiger charge is 2.16. The Balaban J connectivity index is 2.10. The monoisotopic (exact) mass is 364 g/mol. The van der Waals surface area contributed by atoms with E-state index in [1.165, 1.54) is 6.20 Å². The van der Waals surface area contributed by atoms with Gasteiger partial charge in [0.1, 0.15) is 6.07 Å². The molecule has 0 fully saturated rings. The fraction of sp³-hybridized carbons (Fsp3) is 0.150. The maximum atomic E-state index is 11.4. The van der Waals surface area contributed by atoms with E-state index in [2.05, 4.69) is 11.1 Å². The van der Waals surface area contributed by atoms with E-state index >= 15 is 0 Å². The van der Waals surface area contributed by atoms with Gasteiger partial charge in [-0.2, -0.15) is 5.26 Å². The van der Waals surface area contributed by atoms with Gasteiger partial charge in [-0.3, -0.25) is 9.78 Å². The van der Waals surface area contributed by atoms with Gasteiger partial charge in [0.15, 0.2) is 0 Å². The number of amides is 1. The smallest absolute Gasteiger partial charge is 0.248 e. The summed E-state index contributed by atoms with van der Waals surface area (Å²) in [6, 6.07) is 13.2. The van der Waals surface area contributed by atoms with E-state index in [1.807, 2.05) is 37.1 Å². The van der Waals surface area contributed by atoms with Crippen LogP contribution in [-0.2, 0) is 6.54 Å². The predicted molar refractivity (Wildman–Crippen MR) is 103 cm³/mol. The van der Waals surface area contributed by atoms with Gasteiger partial charge in [-0.1, -0.05) is 23.7 Å². The Kier molecular flexibility index (Phi) is 4.79. The van der Waals surface area contributed by atoms with Crippen molar-refractivity contribution in [3.63, 3.8) is 0 Å². The van der Waals surface area contributed by atoms with Crippen LogP contribution in [0.1, 0.15) is 27.0 Å². The molecule has 1 heterocycles. The van der Waals surface area contributed by atoms with Gasteiger partial charge < -0.3 is 10.6 Å². The molecule has 0 spiro atoms. The number of anilines is 1. The third-order valence-corrected chi connectivity index (χ3v) is 4.46. The van der Waals surface area contributed by atoms with E-state index in [0.29, 0.717) is 28.2 Å². The molecule has 1 aromatic heterocycles. The molecule has 0 atom stereocenters. The number of nitrogens with two attached hydrogens (primary N) is 1. The standard InChI is InChI=1S/C20H17ClN4O/c1-12-6-16-18(17(21)7-12)24-10-15(9-22)19(16)25(2)11-13-4-3-5-14(8-13)20(23)26/h3-8,10H,11H2,1-2H3,(H2,23,26). The number of carbonyl (C=O) groups is 1. The van der Waals surface area contributed by atoms with E-state index in [-0.39, 0.29) is 0 Å². The molecule has 2 aromatic carbocycles. The molecule has 5 nitrogen and oxygen atoms in total. The Labute approximate surface area is 156 Å². The van der Waals surface area contributed by atoms with Crippen LogP contribution in [0.3, 0.4) is 0 Å². The Morgan fingerprint density at radius 2 is 2.12 bits per heavy atom. The molecular formula is C20H17ClN4O. The summed E-state index contributed by atoms with van der Waals surface area (Å²) in [4.78, 5) is 17.7. The summed E-state index contributed by atoms with van der Waals surface area (Å²) in [6.07, 6.45) is 1.54. The highest BCUT2D eigenvalue weighted by atomic mass is 35.5. The van der Waals surface area contributed by atoms with Gasteiger partial charge in [0.05, 0.1) is 21.8 Å². The van der Waals surface area contributed by atoms with Gasteiger partial charge in [0.2, 0.25) is 5.91 Å². The number of fused-ring (bicyclic) bond motifs is 1. The van der Waals surface area contributed by atoms with Crippen LogP contribution >= 0.6 is 11.6 Å². The molecular weight excluding hydrogens is 348 g/mol. The molecule has 3 aromatic rings. The average molecular weight is 365 g/mol. The number of nitriles is 1. The maximum Gasteiger partial charge on any atom is 0.248 e. The second kappa shape index (κ2) is 7.03. The predicted octanol–water partition coefficient (Wildman–Crippen LogP) is 3.80. The van der Waals surface area contributed by atoms with Crippen molar-refractivity contribution in [3.8, 4) is 6.07 Å². The zero-order valence-electron chi connectivity index (χ0n) is 14.5. The van der Waals surface area contributed by atoms with Crippen molar-refractivity contribution in [1.29, 1.82) is 5.26 Å². The lowest BCUT2D eigenvalue weighted by atomic mass is 10.1. The molecule has 130 valence electrons. The number of hydrogen-bond acceptors (Lipinski definition) is 4. The molecule has 26 heavy (non-hydrogen) atoms. The number of halogens is 1. The van der Waals surface area contributed by atoms with Gasteiger partial charge in [0, 0.05) is 30.7 Å². The number of benzene rings is 2. The van der Waals surface area contributed by atoms with E-state index in [4.69, 9.17) is 17.3 Å². The molecule has 0 saturated heterocycles. The lowest BCUT2D eigenvalue weighted by molar-refractivity contribution is 0.1000. The zero-order valence-corrected chi connectivity index (χ0v) is 15.2. The largest absolute Gasteiger partial charge is 0.369 e. The second-order valence-electron chi connectivity index (χ2n) is 6.20. The van der Waals surface area contributed by atoms with Gasteiger partial charge in [-0.15, -0.1) is 0 Å². The second-order valence-corrected chi connectivity index (χ2v) is 6.60. The Hall–Kier alpha value is -3.10. The van der Waals surface area contributed by atoms with Gasteiger partial charge in [0.25, 0.3) is 0 Å². The summed E-state index contributed by atoms with van der Waals surface area (Å²) < 4.78 is 0. The minimum absolute atomic E-state index is 0.454. The van der Waals surface area contributed by atoms with Crippen LogP contribution in [0, 0.1) is 18.3 Å². The van der Waals surface area contributed by atoms with E-state index in [1.54, 1.807) is 18.2 Å². The van der Waals surface area contributed by atoms with Crippen LogP contribution in [0.4, 0.5) is 5.69 Å². The number of aryl methyl sites for hydroxylation is 1. The van der Waals surface area contributed by atoms with Gasteiger partial charge in [-0.05, 0) is 42.3 Å². The number of aromatic nitrogens is 1. The summed E-state index contributed by atoms with van der Waals surface area (Å²) >= 11 is 6.34. The summed E-state index contributed by atoms with van der Waals surface area (Å²) in [7, 11) is 1.89. The topological polar surface area (TPSA) is 83.0 Å². The number of rotatable bonds is 4. The van der Waals surface area contributed by atoms with Crippen LogP contribution < -0.4 is 10.6 Å². The van der Waals surface area contributed by atoms with Crippen molar-refractivity contribution in [1.82, 2.24) is 4.98 Å². The van der Waals surface area contributed by atoms with Crippen LogP contribution in [0.5, 0.6) is 0 Å². The third-order valence-electron chi connectivity index (χ3n) is 4.17. The molecule has 0 unspecified atom stereocenters. The Morgan fingerprint density at radius 1 is 1.35 bits per heavy atom. The average Bonchev–Trinajstić information content (AvgIpc) is 2.60. The van der Waals surface area contributed by atoms with Crippen molar-refractivity contribution < 1.29 is 4.79 Å². The normalized spacial score (nSPS) is 10.5. The minimum Gasteiger partial charge on any atom is -0.369 e. The van der Waals surface area contributed by atoms with Crippen LogP contribution in [-0.4, -0.2) is 17.9 Å². The van der Waals surface area contributed by atoms with Gasteiger partial charge >= 0.3 is 0 Å². The van der Waals surface area contributed by atoms with E-state index in [0.717, 1.165) is 22.2 Å². The fourth-order valence-corrected chi connectivity index (χ4v) is 3.37. The van der Waals surface area contributed by atoms with Crippen LogP contribution in [0.2, 0.25) is 5.02 Å². The summed E-state index contributed by atoms with van der Waals surface area (Å²) in [5.74, 6) is -0.469. The highest BCUT2D eigenvalue weighted by molar-refractivity contribution is 6.35. The molecule has 6 heteroatoms. The SMILES string of the molecule is Cc1cc(Cl)c2ncc(C#N)c(N(C)Cc3cccc(C(N)=O)c3)c2c1. The Morgan fingerprint density at radius 3 is 2.81 bits per heavy atom. The first-order valence-electron chi connectivity index (χ1n) is 7.99. The fourth-order valence-electron chi connectivity index (χ4n) is 3.05. The molecule has 2 N–H and O–H groups in total. The molecule has 0 saturated carbocycles. The van der Waals surface area contributed by atoms with Crippen molar-refractivity contribution in [2.45, 2.75) is 13.5 Å². The lowest BCUT2D eigenvalue weighted by Gasteiger charge is -2.23. The summed E-state index contributed by atoms with van der Waals surface area (Å²) in [5.41, 5.74) is 9.60. The van der Waals surface area contributed by atoms with Crippen molar-refractivity contribution in [2.75, 3.05) is 11.9 Å². The molecule has 0 bridgehead atoms. The van der Waals surface area contributed by atoms with Crippen LogP contribution in [0.25, 0.3) is 10.9 Å². The molecule has 0 aliphatic rings. The molecule has 3 rings (SSSR count). The first kappa shape index (κ1) is 17.7. The van der Waals surface area contributed by atoms with Crippen molar-refractivity contribution >= 4 is 34.1 Å². The van der Waals surface area contributed by atoms with E-state index in [9.17, 15) is 10.1 Å². The molecule has 0 radical (unpaired) electrons. The van der Waals surface area contributed by atoms with Crippen LogP contribution in [0.15, 0.2) is 42.6 Å². The molecule has 1 amide bonds. The molecule has 0 aliphatic carbocycles. The maximum absolute atomic E-state index is 11.4. The quantitative estimate of drug-likeness (QED) is 0.763. The zero-order chi connectivity index (χ0) is 18.8. The minimum atomic E-state index is -0.469. The van der Waals surface area contributed by atoms with E-state index < -0.39 is 5.91 Å². The number of hydrogen-bond donors (Lipinski definition) is 1. The summed E-state index contributed by atoms with van der Waals surface area (Å²) in [5, 5.41) is 10.9. The number of carbonyl (C=O) groups excluding carboxylic acids is 1.